The molecule has 0 aliphatic rings. The van der Waals surface area contributed by atoms with Crippen LogP contribution in [0.25, 0.3) is 11.5 Å². The topological polar surface area (TPSA) is 74.2 Å². The lowest BCUT2D eigenvalue weighted by Crippen LogP contribution is -1.98. The van der Waals surface area contributed by atoms with Crippen LogP contribution < -0.4 is 10.5 Å². The summed E-state index contributed by atoms with van der Waals surface area (Å²) in [5, 5.41) is 8.66. The monoisotopic (exact) mass is 461 g/mol. The summed E-state index contributed by atoms with van der Waals surface area (Å²) in [6.07, 6.45) is 0. The molecule has 0 aliphatic heterocycles. The fraction of sp³-hybridized carbons (Fsp3) is 0.0667. The van der Waals surface area contributed by atoms with E-state index in [0.29, 0.717) is 22.5 Å². The van der Waals surface area contributed by atoms with Gasteiger partial charge in [0.05, 0.1) is 3.57 Å². The second-order valence-corrected chi connectivity index (χ2v) is 6.62. The second kappa shape index (κ2) is 6.94. The molecule has 0 spiro atoms. The molecule has 3 aromatic rings. The second-order valence-electron chi connectivity index (χ2n) is 4.62. The predicted molar refractivity (Wildman–Crippen MR) is 97.7 cm³/mol. The summed E-state index contributed by atoms with van der Waals surface area (Å²) in [5.74, 6) is 1.10. The number of nitrogen functional groups attached to an aromatic ring is 1. The summed E-state index contributed by atoms with van der Waals surface area (Å²) >= 11 is 14.2. The maximum atomic E-state index is 6.14. The maximum absolute atomic E-state index is 6.14. The average Bonchev–Trinajstić information content (AvgIpc) is 2.94. The van der Waals surface area contributed by atoms with Gasteiger partial charge < -0.3 is 14.9 Å². The van der Waals surface area contributed by atoms with Crippen LogP contribution in [0, 0.1) is 3.57 Å². The molecule has 8 heteroatoms. The molecule has 0 aliphatic carbocycles. The van der Waals surface area contributed by atoms with Crippen LogP contribution >= 0.6 is 45.8 Å². The van der Waals surface area contributed by atoms with Crippen LogP contribution in [0.2, 0.25) is 10.0 Å². The molecule has 0 saturated heterocycles. The summed E-state index contributed by atoms with van der Waals surface area (Å²) in [6, 6.07) is 10.9. The number of halogens is 3. The zero-order chi connectivity index (χ0) is 16.4. The van der Waals surface area contributed by atoms with E-state index < -0.39 is 0 Å². The molecular formula is C15H10Cl2IN3O2. The van der Waals surface area contributed by atoms with E-state index in [1.54, 1.807) is 12.1 Å². The van der Waals surface area contributed by atoms with Crippen LogP contribution in [-0.2, 0) is 6.61 Å². The summed E-state index contributed by atoms with van der Waals surface area (Å²) in [6.45, 7) is 0.346. The molecule has 23 heavy (non-hydrogen) atoms. The van der Waals surface area contributed by atoms with Gasteiger partial charge in [0.25, 0.3) is 0 Å². The van der Waals surface area contributed by atoms with Crippen molar-refractivity contribution in [3.8, 4) is 17.2 Å². The highest BCUT2D eigenvalue weighted by atomic mass is 127. The van der Waals surface area contributed by atoms with Gasteiger partial charge >= 0.3 is 6.01 Å². The lowest BCUT2D eigenvalue weighted by Gasteiger charge is -2.10. The third kappa shape index (κ3) is 3.88. The Labute approximate surface area is 155 Å². The molecule has 0 unspecified atom stereocenters. The van der Waals surface area contributed by atoms with E-state index >= 15 is 0 Å². The van der Waals surface area contributed by atoms with Gasteiger partial charge in [0, 0.05) is 21.2 Å². The highest BCUT2D eigenvalue weighted by Gasteiger charge is 2.10. The predicted octanol–water partition coefficient (Wildman–Crippen LogP) is 4.81. The Morgan fingerprint density at radius 1 is 1.13 bits per heavy atom. The fourth-order valence-corrected chi connectivity index (χ4v) is 3.03. The normalized spacial score (nSPS) is 10.7. The van der Waals surface area contributed by atoms with Crippen LogP contribution in [0.15, 0.2) is 40.8 Å². The van der Waals surface area contributed by atoms with Crippen molar-refractivity contribution < 1.29 is 9.15 Å². The van der Waals surface area contributed by atoms with E-state index in [1.165, 1.54) is 0 Å². The number of nitrogens with zero attached hydrogens (tertiary/aromatic N) is 2. The van der Waals surface area contributed by atoms with E-state index in [4.69, 9.17) is 38.1 Å². The van der Waals surface area contributed by atoms with Gasteiger partial charge in [-0.3, -0.25) is 0 Å². The van der Waals surface area contributed by atoms with Gasteiger partial charge in [-0.2, -0.15) is 0 Å². The molecule has 3 rings (SSSR count). The van der Waals surface area contributed by atoms with Crippen molar-refractivity contribution >= 4 is 51.8 Å². The quantitative estimate of drug-likeness (QED) is 0.564. The number of rotatable bonds is 4. The van der Waals surface area contributed by atoms with E-state index in [0.717, 1.165) is 20.4 Å². The standard InChI is InChI=1S/C15H10Cl2IN3O2/c16-10-3-1-9(11(17)6-10)7-22-13-4-2-8(5-12(13)18)14-20-21-15(19)23-14/h1-6H,7H2,(H2,19,21). The minimum atomic E-state index is 0.0349. The minimum absolute atomic E-state index is 0.0349. The number of benzene rings is 2. The molecule has 1 heterocycles. The smallest absolute Gasteiger partial charge is 0.313 e. The first-order chi connectivity index (χ1) is 11.0. The average molecular weight is 462 g/mol. The summed E-state index contributed by atoms with van der Waals surface area (Å²) < 4.78 is 11.9. The molecule has 2 N–H and O–H groups in total. The van der Waals surface area contributed by atoms with E-state index in [1.807, 2.05) is 24.3 Å². The number of hydrogen-bond acceptors (Lipinski definition) is 5. The molecule has 0 bridgehead atoms. The largest absolute Gasteiger partial charge is 0.488 e. The first-order valence-electron chi connectivity index (χ1n) is 6.48. The molecule has 0 amide bonds. The first kappa shape index (κ1) is 16.4. The van der Waals surface area contributed by atoms with E-state index in [2.05, 4.69) is 32.8 Å². The Hall–Kier alpha value is -1.51. The van der Waals surface area contributed by atoms with Gasteiger partial charge in [-0.05, 0) is 52.9 Å². The Morgan fingerprint density at radius 2 is 1.96 bits per heavy atom. The van der Waals surface area contributed by atoms with Crippen molar-refractivity contribution in [2.45, 2.75) is 6.61 Å². The SMILES string of the molecule is Nc1nnc(-c2ccc(OCc3ccc(Cl)cc3Cl)c(I)c2)o1. The van der Waals surface area contributed by atoms with Gasteiger partial charge in [-0.15, -0.1) is 5.10 Å². The number of hydrogen-bond donors (Lipinski definition) is 1. The van der Waals surface area contributed by atoms with Crippen molar-refractivity contribution in [1.82, 2.24) is 10.2 Å². The Kier molecular flexibility index (Phi) is 4.93. The number of ether oxygens (including phenoxy) is 1. The van der Waals surface area contributed by atoms with Crippen molar-refractivity contribution in [3.63, 3.8) is 0 Å². The van der Waals surface area contributed by atoms with Gasteiger partial charge in [0.15, 0.2) is 0 Å². The number of aromatic nitrogens is 2. The van der Waals surface area contributed by atoms with Gasteiger partial charge in [0.1, 0.15) is 12.4 Å². The summed E-state index contributed by atoms with van der Waals surface area (Å²) in [7, 11) is 0. The molecular weight excluding hydrogens is 452 g/mol. The molecule has 1 aromatic heterocycles. The zero-order valence-electron chi connectivity index (χ0n) is 11.6. The molecule has 5 nitrogen and oxygen atoms in total. The van der Waals surface area contributed by atoms with Crippen LogP contribution in [-0.4, -0.2) is 10.2 Å². The van der Waals surface area contributed by atoms with Crippen molar-refractivity contribution in [2.24, 2.45) is 0 Å². The molecule has 2 aromatic carbocycles. The highest BCUT2D eigenvalue weighted by Crippen LogP contribution is 2.29. The van der Waals surface area contributed by atoms with Crippen LogP contribution in [0.1, 0.15) is 5.56 Å². The minimum Gasteiger partial charge on any atom is -0.488 e. The van der Waals surface area contributed by atoms with Crippen molar-refractivity contribution in [2.75, 3.05) is 5.73 Å². The Bertz CT molecular complexity index is 854. The number of anilines is 1. The third-order valence-corrected chi connectivity index (χ3v) is 4.45. The highest BCUT2D eigenvalue weighted by molar-refractivity contribution is 14.1. The van der Waals surface area contributed by atoms with Crippen molar-refractivity contribution in [1.29, 1.82) is 0 Å². The summed E-state index contributed by atoms with van der Waals surface area (Å²) in [4.78, 5) is 0. The van der Waals surface area contributed by atoms with E-state index in [9.17, 15) is 0 Å². The molecule has 0 saturated carbocycles. The van der Waals surface area contributed by atoms with Crippen LogP contribution in [0.4, 0.5) is 6.01 Å². The zero-order valence-corrected chi connectivity index (χ0v) is 15.3. The van der Waals surface area contributed by atoms with Crippen LogP contribution in [0.3, 0.4) is 0 Å². The van der Waals surface area contributed by atoms with Gasteiger partial charge in [0.2, 0.25) is 5.89 Å². The Morgan fingerprint density at radius 3 is 2.61 bits per heavy atom. The Balaban J connectivity index is 1.76. The lowest BCUT2D eigenvalue weighted by molar-refractivity contribution is 0.304. The molecule has 0 atom stereocenters. The van der Waals surface area contributed by atoms with E-state index in [-0.39, 0.29) is 6.01 Å². The van der Waals surface area contributed by atoms with Crippen molar-refractivity contribution in [3.05, 3.63) is 55.6 Å². The summed E-state index contributed by atoms with van der Waals surface area (Å²) in [5.41, 5.74) is 7.07. The molecule has 0 radical (unpaired) electrons. The molecule has 118 valence electrons. The maximum Gasteiger partial charge on any atom is 0.313 e. The fourth-order valence-electron chi connectivity index (χ4n) is 1.90. The van der Waals surface area contributed by atoms with Gasteiger partial charge in [-0.25, -0.2) is 0 Å². The lowest BCUT2D eigenvalue weighted by atomic mass is 10.2. The van der Waals surface area contributed by atoms with Gasteiger partial charge in [-0.1, -0.05) is 34.4 Å². The number of nitrogens with two attached hydrogens (primary N) is 1. The molecule has 0 fully saturated rings. The van der Waals surface area contributed by atoms with Crippen LogP contribution in [0.5, 0.6) is 5.75 Å². The third-order valence-electron chi connectivity index (χ3n) is 3.02. The first-order valence-corrected chi connectivity index (χ1v) is 8.32.